The van der Waals surface area contributed by atoms with Crippen LogP contribution in [-0.4, -0.2) is 39.1 Å². The number of hydrogen-bond acceptors (Lipinski definition) is 5. The van der Waals surface area contributed by atoms with E-state index in [0.29, 0.717) is 18.5 Å². The van der Waals surface area contributed by atoms with Crippen molar-refractivity contribution in [1.29, 1.82) is 0 Å². The second kappa shape index (κ2) is 16.3. The van der Waals surface area contributed by atoms with Gasteiger partial charge in [-0.05, 0) is 70.8 Å². The van der Waals surface area contributed by atoms with Crippen LogP contribution >= 0.6 is 11.6 Å². The van der Waals surface area contributed by atoms with E-state index in [1.165, 1.54) is 49.4 Å². The molecule has 7 heteroatoms. The number of hydrogen-bond donors (Lipinski definition) is 1. The monoisotopic (exact) mass is 577 g/mol. The molecule has 1 N–H and O–H groups in total. The molecule has 0 spiro atoms. The van der Waals surface area contributed by atoms with Crippen LogP contribution in [0.15, 0.2) is 66.8 Å². The third-order valence-corrected chi connectivity index (χ3v) is 7.19. The summed E-state index contributed by atoms with van der Waals surface area (Å²) in [6.45, 7) is 6.31. The normalized spacial score (nSPS) is 16.5. The van der Waals surface area contributed by atoms with E-state index in [1.54, 1.807) is 24.5 Å². The van der Waals surface area contributed by atoms with E-state index >= 15 is 0 Å². The van der Waals surface area contributed by atoms with Gasteiger partial charge in [0.05, 0.1) is 0 Å². The number of esters is 1. The fourth-order valence-corrected chi connectivity index (χ4v) is 4.76. The lowest BCUT2D eigenvalue weighted by atomic mass is 9.87. The summed E-state index contributed by atoms with van der Waals surface area (Å²) < 4.78 is 7.18. The lowest BCUT2D eigenvalue weighted by Gasteiger charge is -2.34. The van der Waals surface area contributed by atoms with Crippen molar-refractivity contribution in [3.63, 3.8) is 0 Å². The molecule has 1 atom stereocenters. The van der Waals surface area contributed by atoms with Crippen molar-refractivity contribution in [2.45, 2.75) is 103 Å². The van der Waals surface area contributed by atoms with Gasteiger partial charge in [-0.2, -0.15) is 0 Å². The predicted molar refractivity (Wildman–Crippen MR) is 166 cm³/mol. The third-order valence-electron chi connectivity index (χ3n) is 6.94. The number of nitrogens with zero attached hydrogens (tertiary/aromatic N) is 2. The molecule has 0 amide bonds. The summed E-state index contributed by atoms with van der Waals surface area (Å²) in [5.74, 6) is 5.97. The Kier molecular flexibility index (Phi) is 12.9. The lowest BCUT2D eigenvalue weighted by Crippen LogP contribution is -2.54. The van der Waals surface area contributed by atoms with E-state index in [1.807, 2.05) is 51.1 Å². The average molecular weight is 578 g/mol. The molecule has 41 heavy (non-hydrogen) atoms. The van der Waals surface area contributed by atoms with Crippen LogP contribution < -0.4 is 5.32 Å². The van der Waals surface area contributed by atoms with Gasteiger partial charge < -0.3 is 4.74 Å². The highest BCUT2D eigenvalue weighted by molar-refractivity contribution is 6.30. The van der Waals surface area contributed by atoms with E-state index in [2.05, 4.69) is 22.1 Å². The third kappa shape index (κ3) is 11.3. The van der Waals surface area contributed by atoms with E-state index < -0.39 is 11.1 Å². The zero-order valence-corrected chi connectivity index (χ0v) is 25.5. The number of carbonyl (C=O) groups excluding carboxylic acids is 2. The first-order valence-electron chi connectivity index (χ1n) is 14.8. The van der Waals surface area contributed by atoms with Crippen LogP contribution in [0.2, 0.25) is 5.02 Å². The number of aromatic nitrogens is 2. The number of benzene rings is 1. The minimum atomic E-state index is -0.967. The molecule has 1 aliphatic rings. The highest BCUT2D eigenvalue weighted by Crippen LogP contribution is 2.26. The lowest BCUT2D eigenvalue weighted by molar-refractivity contribution is -0.161. The molecule has 1 heterocycles. The standard InChI is InChI=1S/C34H44ClN3O3/c1-33(2,3)41-32(40)34(22-20-29(21-23-34)31(39)38-26-25-36-27-38)37-24-14-12-10-8-6-4-5-7-9-11-13-15-28-16-18-30(35)19-17-28/h16-22,25-27,37H,4-12,14,23-24H2,1-3H3. The van der Waals surface area contributed by atoms with Gasteiger partial charge in [0.15, 0.2) is 0 Å². The number of carbonyl (C=O) groups is 2. The molecule has 3 rings (SSSR count). The van der Waals surface area contributed by atoms with Crippen molar-refractivity contribution in [2.75, 3.05) is 6.54 Å². The molecule has 1 aromatic carbocycles. The van der Waals surface area contributed by atoms with E-state index in [4.69, 9.17) is 16.3 Å². The number of imidazole rings is 1. The summed E-state index contributed by atoms with van der Waals surface area (Å²) in [5, 5.41) is 4.19. The average Bonchev–Trinajstić information content (AvgIpc) is 3.48. The fraction of sp³-hybridized carbons (Fsp3) is 0.500. The van der Waals surface area contributed by atoms with Gasteiger partial charge in [-0.25, -0.2) is 9.78 Å². The molecule has 0 saturated carbocycles. The van der Waals surface area contributed by atoms with Gasteiger partial charge in [-0.3, -0.25) is 14.7 Å². The Morgan fingerprint density at radius 1 is 1.02 bits per heavy atom. The van der Waals surface area contributed by atoms with Crippen LogP contribution in [0.5, 0.6) is 0 Å². The number of allylic oxidation sites excluding steroid dienone is 2. The fourth-order valence-electron chi connectivity index (χ4n) is 4.63. The smallest absolute Gasteiger partial charge is 0.331 e. The molecule has 1 unspecified atom stereocenters. The zero-order chi connectivity index (χ0) is 29.6. The highest BCUT2D eigenvalue weighted by Gasteiger charge is 2.40. The summed E-state index contributed by atoms with van der Waals surface area (Å²) in [7, 11) is 0. The zero-order valence-electron chi connectivity index (χ0n) is 24.8. The Balaban J connectivity index is 1.30. The Hall–Kier alpha value is -3.14. The highest BCUT2D eigenvalue weighted by atomic mass is 35.5. The molecular weight excluding hydrogens is 534 g/mol. The first-order valence-corrected chi connectivity index (χ1v) is 15.2. The van der Waals surface area contributed by atoms with Crippen LogP contribution in [-0.2, 0) is 9.53 Å². The van der Waals surface area contributed by atoms with Crippen LogP contribution in [0.3, 0.4) is 0 Å². The van der Waals surface area contributed by atoms with Crippen LogP contribution in [0.4, 0.5) is 0 Å². The van der Waals surface area contributed by atoms with Gasteiger partial charge in [0.2, 0.25) is 0 Å². The van der Waals surface area contributed by atoms with Crippen molar-refractivity contribution in [2.24, 2.45) is 0 Å². The second-order valence-electron chi connectivity index (χ2n) is 11.6. The Labute approximate surface area is 250 Å². The Morgan fingerprint density at radius 3 is 2.27 bits per heavy atom. The Morgan fingerprint density at radius 2 is 1.68 bits per heavy atom. The molecular formula is C34H44ClN3O3. The minimum Gasteiger partial charge on any atom is -0.458 e. The van der Waals surface area contributed by atoms with Gasteiger partial charge in [-0.15, -0.1) is 0 Å². The molecule has 1 aliphatic carbocycles. The van der Waals surface area contributed by atoms with Crippen LogP contribution in [0, 0.1) is 11.8 Å². The minimum absolute atomic E-state index is 0.167. The molecule has 0 saturated heterocycles. The summed E-state index contributed by atoms with van der Waals surface area (Å²) in [6.07, 6.45) is 21.9. The van der Waals surface area contributed by atoms with Crippen LogP contribution in [0.1, 0.15) is 102 Å². The van der Waals surface area contributed by atoms with Crippen molar-refractivity contribution in [3.05, 3.63) is 77.4 Å². The predicted octanol–water partition coefficient (Wildman–Crippen LogP) is 7.69. The van der Waals surface area contributed by atoms with Crippen molar-refractivity contribution < 1.29 is 14.3 Å². The molecule has 0 aliphatic heterocycles. The van der Waals surface area contributed by atoms with Gasteiger partial charge in [0.25, 0.3) is 5.91 Å². The van der Waals surface area contributed by atoms with Gasteiger partial charge >= 0.3 is 5.97 Å². The van der Waals surface area contributed by atoms with Gasteiger partial charge in [-0.1, -0.05) is 86.6 Å². The van der Waals surface area contributed by atoms with E-state index in [9.17, 15) is 9.59 Å². The molecule has 0 radical (unpaired) electrons. The van der Waals surface area contributed by atoms with Crippen LogP contribution in [0.25, 0.3) is 0 Å². The van der Waals surface area contributed by atoms with Crippen molar-refractivity contribution >= 4 is 23.5 Å². The van der Waals surface area contributed by atoms with Crippen molar-refractivity contribution in [3.8, 4) is 11.8 Å². The van der Waals surface area contributed by atoms with E-state index in [-0.39, 0.29) is 11.9 Å². The van der Waals surface area contributed by atoms with Crippen molar-refractivity contribution in [1.82, 2.24) is 14.9 Å². The second-order valence-corrected chi connectivity index (χ2v) is 12.0. The molecule has 2 aromatic rings. The Bertz CT molecular complexity index is 1230. The summed E-state index contributed by atoms with van der Waals surface area (Å²) in [4.78, 5) is 29.8. The number of ether oxygens (including phenoxy) is 1. The maximum atomic E-state index is 13.2. The molecule has 1 aromatic heterocycles. The summed E-state index contributed by atoms with van der Waals surface area (Å²) in [6, 6.07) is 7.66. The van der Waals surface area contributed by atoms with E-state index in [0.717, 1.165) is 36.3 Å². The maximum absolute atomic E-state index is 13.2. The SMILES string of the molecule is CC(C)(C)OC(=O)C1(NCCCCCCCCCCCC#Cc2ccc(Cl)cc2)C=CC(C(=O)n2ccnc2)=CC1. The number of nitrogens with one attached hydrogen (secondary N) is 1. The summed E-state index contributed by atoms with van der Waals surface area (Å²) >= 11 is 5.90. The molecule has 0 bridgehead atoms. The number of rotatable bonds is 14. The number of halogens is 1. The molecule has 6 nitrogen and oxygen atoms in total. The molecule has 220 valence electrons. The number of unbranched alkanes of at least 4 members (excludes halogenated alkanes) is 9. The first-order chi connectivity index (χ1) is 19.7. The maximum Gasteiger partial charge on any atom is 0.331 e. The molecule has 0 fully saturated rings. The van der Waals surface area contributed by atoms with Gasteiger partial charge in [0, 0.05) is 35.0 Å². The largest absolute Gasteiger partial charge is 0.458 e. The summed E-state index contributed by atoms with van der Waals surface area (Å²) in [5.41, 5.74) is -0.00889. The first kappa shape index (κ1) is 32.4. The van der Waals surface area contributed by atoms with Gasteiger partial charge in [0.1, 0.15) is 17.5 Å². The quantitative estimate of drug-likeness (QED) is 0.142. The topological polar surface area (TPSA) is 73.2 Å².